The molecule has 1 saturated heterocycles. The number of carbonyl (C=O) groups excluding carboxylic acids is 1. The average molecular weight is 217 g/mol. The molecule has 1 N–H and O–H groups in total. The van der Waals surface area contributed by atoms with E-state index in [-0.39, 0.29) is 18.4 Å². The fourth-order valence-corrected chi connectivity index (χ4v) is 1.69. The first-order chi connectivity index (χ1) is 7.04. The van der Waals surface area contributed by atoms with Crippen LogP contribution in [-0.4, -0.2) is 55.6 Å². The number of methoxy groups -OCH3 is 2. The summed E-state index contributed by atoms with van der Waals surface area (Å²) in [4.78, 5) is 13.2. The van der Waals surface area contributed by atoms with Gasteiger partial charge in [0, 0.05) is 39.7 Å². The molecule has 0 bridgehead atoms. The Morgan fingerprint density at radius 2 is 2.13 bits per heavy atom. The van der Waals surface area contributed by atoms with Crippen LogP contribution in [0.15, 0.2) is 0 Å². The maximum atomic E-state index is 11.6. The molecule has 0 aliphatic carbocycles. The molecule has 0 radical (unpaired) electrons. The molecule has 0 aromatic heterocycles. The van der Waals surface area contributed by atoms with Gasteiger partial charge in [-0.2, -0.15) is 0 Å². The number of aliphatic hydroxyl groups excluding tert-OH is 1. The lowest BCUT2D eigenvalue weighted by atomic mass is 10.1. The van der Waals surface area contributed by atoms with Crippen LogP contribution >= 0.6 is 0 Å². The van der Waals surface area contributed by atoms with Gasteiger partial charge >= 0.3 is 0 Å². The highest BCUT2D eigenvalue weighted by Gasteiger charge is 2.35. The van der Waals surface area contributed by atoms with Crippen LogP contribution in [0.4, 0.5) is 0 Å². The minimum absolute atomic E-state index is 0.0503. The van der Waals surface area contributed by atoms with Crippen LogP contribution < -0.4 is 0 Å². The molecule has 0 saturated carbocycles. The summed E-state index contributed by atoms with van der Waals surface area (Å²) in [6.45, 7) is 2.82. The zero-order chi connectivity index (χ0) is 11.5. The highest BCUT2D eigenvalue weighted by atomic mass is 16.7. The molecule has 1 fully saturated rings. The van der Waals surface area contributed by atoms with E-state index in [4.69, 9.17) is 14.6 Å². The maximum Gasteiger partial charge on any atom is 0.223 e. The van der Waals surface area contributed by atoms with Crippen LogP contribution in [0.2, 0.25) is 0 Å². The molecule has 0 aromatic carbocycles. The quantitative estimate of drug-likeness (QED) is 0.650. The second-order valence-corrected chi connectivity index (χ2v) is 4.07. The topological polar surface area (TPSA) is 59.0 Å². The summed E-state index contributed by atoms with van der Waals surface area (Å²) in [5.74, 6) is -0.662. The molecular formula is C10H19NO4. The largest absolute Gasteiger partial charge is 0.396 e. The third-order valence-corrected chi connectivity index (χ3v) is 2.89. The van der Waals surface area contributed by atoms with Crippen molar-refractivity contribution in [1.29, 1.82) is 0 Å². The van der Waals surface area contributed by atoms with Crippen molar-refractivity contribution in [3.8, 4) is 0 Å². The maximum absolute atomic E-state index is 11.6. The van der Waals surface area contributed by atoms with Crippen molar-refractivity contribution in [2.24, 2.45) is 5.92 Å². The van der Waals surface area contributed by atoms with Crippen LogP contribution in [0, 0.1) is 5.92 Å². The predicted octanol–water partition coefficient (Wildman–Crippen LogP) is -0.164. The number of carbonyl (C=O) groups is 1. The Labute approximate surface area is 90.0 Å². The highest BCUT2D eigenvalue weighted by molar-refractivity contribution is 5.78. The summed E-state index contributed by atoms with van der Waals surface area (Å²) in [6, 6.07) is 0. The van der Waals surface area contributed by atoms with Crippen LogP contribution in [0.25, 0.3) is 0 Å². The van der Waals surface area contributed by atoms with Gasteiger partial charge in [-0.15, -0.1) is 0 Å². The standard InChI is InChI=1S/C10H19NO4/c1-10(14-2,15-3)7-11-5-8(6-12)4-9(11)13/h8,12H,4-7H2,1-3H3. The van der Waals surface area contributed by atoms with E-state index in [2.05, 4.69) is 0 Å². The zero-order valence-electron chi connectivity index (χ0n) is 9.52. The molecule has 15 heavy (non-hydrogen) atoms. The van der Waals surface area contributed by atoms with Gasteiger partial charge in [-0.05, 0) is 6.92 Å². The Morgan fingerprint density at radius 1 is 1.53 bits per heavy atom. The first-order valence-corrected chi connectivity index (χ1v) is 5.03. The van der Waals surface area contributed by atoms with E-state index in [1.807, 2.05) is 0 Å². The van der Waals surface area contributed by atoms with Crippen LogP contribution in [-0.2, 0) is 14.3 Å². The lowest BCUT2D eigenvalue weighted by Crippen LogP contribution is -2.44. The average Bonchev–Trinajstić information content (AvgIpc) is 2.59. The van der Waals surface area contributed by atoms with E-state index in [1.54, 1.807) is 26.0 Å². The highest BCUT2D eigenvalue weighted by Crippen LogP contribution is 2.21. The molecular weight excluding hydrogens is 198 g/mol. The number of ether oxygens (including phenoxy) is 2. The Hall–Kier alpha value is -0.650. The molecule has 1 rings (SSSR count). The van der Waals surface area contributed by atoms with Crippen molar-refractivity contribution in [1.82, 2.24) is 4.90 Å². The molecule has 1 aliphatic rings. The van der Waals surface area contributed by atoms with Crippen molar-refractivity contribution in [2.75, 3.05) is 33.9 Å². The van der Waals surface area contributed by atoms with Gasteiger partial charge < -0.3 is 19.5 Å². The number of hydrogen-bond donors (Lipinski definition) is 1. The van der Waals surface area contributed by atoms with Crippen LogP contribution in [0.1, 0.15) is 13.3 Å². The fourth-order valence-electron chi connectivity index (χ4n) is 1.69. The summed E-state index contributed by atoms with van der Waals surface area (Å²) in [5, 5.41) is 8.97. The summed E-state index contributed by atoms with van der Waals surface area (Å²) >= 11 is 0. The number of nitrogens with zero attached hydrogens (tertiary/aromatic N) is 1. The Balaban J connectivity index is 2.55. The van der Waals surface area contributed by atoms with Crippen molar-refractivity contribution in [2.45, 2.75) is 19.1 Å². The second kappa shape index (κ2) is 4.92. The molecule has 1 heterocycles. The minimum Gasteiger partial charge on any atom is -0.396 e. The Morgan fingerprint density at radius 3 is 2.53 bits per heavy atom. The molecule has 0 spiro atoms. The van der Waals surface area contributed by atoms with Gasteiger partial charge in [0.2, 0.25) is 5.91 Å². The van der Waals surface area contributed by atoms with Gasteiger partial charge in [0.05, 0.1) is 6.54 Å². The molecule has 1 atom stereocenters. The minimum atomic E-state index is -0.764. The van der Waals surface area contributed by atoms with E-state index in [0.29, 0.717) is 19.5 Å². The molecule has 5 heteroatoms. The van der Waals surface area contributed by atoms with Gasteiger partial charge in [0.1, 0.15) is 0 Å². The summed E-state index contributed by atoms with van der Waals surface area (Å²) in [5.41, 5.74) is 0. The molecule has 5 nitrogen and oxygen atoms in total. The van der Waals surface area contributed by atoms with Gasteiger partial charge in [-0.3, -0.25) is 4.79 Å². The van der Waals surface area contributed by atoms with E-state index in [1.165, 1.54) is 0 Å². The van der Waals surface area contributed by atoms with Crippen LogP contribution in [0.3, 0.4) is 0 Å². The smallest absolute Gasteiger partial charge is 0.223 e. The van der Waals surface area contributed by atoms with Crippen molar-refractivity contribution >= 4 is 5.91 Å². The number of amides is 1. The number of aliphatic hydroxyl groups is 1. The van der Waals surface area contributed by atoms with E-state index < -0.39 is 5.79 Å². The third kappa shape index (κ3) is 2.90. The fraction of sp³-hybridized carbons (Fsp3) is 0.900. The molecule has 1 aliphatic heterocycles. The van der Waals surface area contributed by atoms with E-state index in [9.17, 15) is 4.79 Å². The van der Waals surface area contributed by atoms with Crippen molar-refractivity contribution in [3.05, 3.63) is 0 Å². The number of hydrogen-bond acceptors (Lipinski definition) is 4. The van der Waals surface area contributed by atoms with Gasteiger partial charge in [0.15, 0.2) is 5.79 Å². The molecule has 1 amide bonds. The van der Waals surface area contributed by atoms with Gasteiger partial charge in [0.25, 0.3) is 0 Å². The predicted molar refractivity (Wildman–Crippen MR) is 54.2 cm³/mol. The monoisotopic (exact) mass is 217 g/mol. The zero-order valence-corrected chi connectivity index (χ0v) is 9.52. The first kappa shape index (κ1) is 12.4. The first-order valence-electron chi connectivity index (χ1n) is 5.03. The normalized spacial score (nSPS) is 22.5. The van der Waals surface area contributed by atoms with E-state index in [0.717, 1.165) is 0 Å². The summed E-state index contributed by atoms with van der Waals surface area (Å²) in [6.07, 6.45) is 0.417. The lowest BCUT2D eigenvalue weighted by Gasteiger charge is -2.31. The van der Waals surface area contributed by atoms with Gasteiger partial charge in [-0.25, -0.2) is 0 Å². The lowest BCUT2D eigenvalue weighted by molar-refractivity contribution is -0.203. The van der Waals surface area contributed by atoms with Crippen molar-refractivity contribution in [3.63, 3.8) is 0 Å². The number of likely N-dealkylation sites (tertiary alicyclic amines) is 1. The van der Waals surface area contributed by atoms with Crippen LogP contribution in [0.5, 0.6) is 0 Å². The molecule has 88 valence electrons. The Kier molecular flexibility index (Phi) is 4.07. The molecule has 1 unspecified atom stereocenters. The van der Waals surface area contributed by atoms with E-state index >= 15 is 0 Å². The molecule has 0 aromatic rings. The Bertz CT molecular complexity index is 227. The second-order valence-electron chi connectivity index (χ2n) is 4.07. The third-order valence-electron chi connectivity index (χ3n) is 2.89. The SMILES string of the molecule is COC(C)(CN1CC(CO)CC1=O)OC. The summed E-state index contributed by atoms with van der Waals surface area (Å²) in [7, 11) is 3.10. The number of rotatable bonds is 5. The summed E-state index contributed by atoms with van der Waals surface area (Å²) < 4.78 is 10.4. The van der Waals surface area contributed by atoms with Crippen molar-refractivity contribution < 1.29 is 19.4 Å². The van der Waals surface area contributed by atoms with Gasteiger partial charge in [-0.1, -0.05) is 0 Å².